The van der Waals surface area contributed by atoms with Gasteiger partial charge in [-0.3, -0.25) is 4.79 Å². The third-order valence-corrected chi connectivity index (χ3v) is 3.96. The van der Waals surface area contributed by atoms with E-state index in [0.717, 1.165) is 17.7 Å². The number of rotatable bonds is 5. The first-order valence-corrected chi connectivity index (χ1v) is 7.23. The Morgan fingerprint density at radius 2 is 2.15 bits per heavy atom. The Kier molecular flexibility index (Phi) is 4.65. The molecule has 0 fully saturated rings. The average molecular weight is 277 g/mol. The molecule has 0 aliphatic carbocycles. The first-order chi connectivity index (χ1) is 9.55. The lowest BCUT2D eigenvalue weighted by atomic mass is 10.0. The number of ether oxygens (including phenoxy) is 1. The van der Waals surface area contributed by atoms with Gasteiger partial charge in [-0.15, -0.1) is 0 Å². The second kappa shape index (κ2) is 6.27. The van der Waals surface area contributed by atoms with Crippen molar-refractivity contribution in [3.63, 3.8) is 0 Å². The molecule has 1 aliphatic rings. The van der Waals surface area contributed by atoms with Crippen LogP contribution in [0.25, 0.3) is 0 Å². The van der Waals surface area contributed by atoms with Crippen molar-refractivity contribution < 1.29 is 14.6 Å². The molecule has 1 aromatic carbocycles. The van der Waals surface area contributed by atoms with E-state index in [2.05, 4.69) is 18.3 Å². The van der Waals surface area contributed by atoms with Gasteiger partial charge >= 0.3 is 0 Å². The topological polar surface area (TPSA) is 58.6 Å². The largest absolute Gasteiger partial charge is 0.480 e. The summed E-state index contributed by atoms with van der Waals surface area (Å²) in [4.78, 5) is 12.2. The van der Waals surface area contributed by atoms with E-state index in [1.807, 2.05) is 19.9 Å². The van der Waals surface area contributed by atoms with Gasteiger partial charge in [-0.05, 0) is 49.4 Å². The van der Waals surface area contributed by atoms with Crippen molar-refractivity contribution in [2.24, 2.45) is 0 Å². The summed E-state index contributed by atoms with van der Waals surface area (Å²) in [6.07, 6.45) is 1.57. The number of fused-ring (bicyclic) bond motifs is 1. The Labute approximate surface area is 120 Å². The number of hydrogen-bond donors (Lipinski definition) is 2. The molecule has 0 spiro atoms. The Balaban J connectivity index is 2.01. The van der Waals surface area contributed by atoms with Crippen LogP contribution in [0.2, 0.25) is 0 Å². The second-order valence-corrected chi connectivity index (χ2v) is 5.48. The Bertz CT molecular complexity index is 468. The molecule has 4 nitrogen and oxygen atoms in total. The van der Waals surface area contributed by atoms with E-state index in [-0.39, 0.29) is 18.6 Å². The molecular formula is C16H23NO3. The van der Waals surface area contributed by atoms with E-state index in [1.165, 1.54) is 11.1 Å². The van der Waals surface area contributed by atoms with Crippen LogP contribution in [0, 0.1) is 13.8 Å². The highest BCUT2D eigenvalue weighted by Crippen LogP contribution is 2.31. The number of hydrogen-bond acceptors (Lipinski definition) is 3. The van der Waals surface area contributed by atoms with Gasteiger partial charge in [0.1, 0.15) is 5.75 Å². The summed E-state index contributed by atoms with van der Waals surface area (Å²) in [7, 11) is 0. The molecule has 110 valence electrons. The number of aliphatic hydroxyl groups is 1. The molecule has 2 atom stereocenters. The molecular weight excluding hydrogens is 254 g/mol. The number of benzene rings is 1. The summed E-state index contributed by atoms with van der Waals surface area (Å²) >= 11 is 0. The van der Waals surface area contributed by atoms with E-state index >= 15 is 0 Å². The van der Waals surface area contributed by atoms with Gasteiger partial charge in [-0.1, -0.05) is 13.0 Å². The molecule has 1 aromatic rings. The first-order valence-electron chi connectivity index (χ1n) is 7.23. The number of carbonyl (C=O) groups is 1. The molecule has 0 radical (unpaired) electrons. The van der Waals surface area contributed by atoms with Crippen LogP contribution in [-0.2, 0) is 11.2 Å². The molecule has 0 bridgehead atoms. The zero-order valence-corrected chi connectivity index (χ0v) is 12.4. The smallest absolute Gasteiger partial charge is 0.261 e. The fraction of sp³-hybridized carbons (Fsp3) is 0.562. The highest BCUT2D eigenvalue weighted by atomic mass is 16.5. The van der Waals surface area contributed by atoms with Gasteiger partial charge in [0.25, 0.3) is 5.91 Å². The number of aryl methyl sites for hydroxylation is 2. The van der Waals surface area contributed by atoms with Crippen LogP contribution in [0.4, 0.5) is 0 Å². The van der Waals surface area contributed by atoms with Crippen molar-refractivity contribution in [2.75, 3.05) is 6.61 Å². The quantitative estimate of drug-likeness (QED) is 0.864. The summed E-state index contributed by atoms with van der Waals surface area (Å²) < 4.78 is 5.75. The van der Waals surface area contributed by atoms with Crippen LogP contribution < -0.4 is 10.1 Å². The zero-order valence-electron chi connectivity index (χ0n) is 12.4. The summed E-state index contributed by atoms with van der Waals surface area (Å²) in [5.74, 6) is 0.736. The van der Waals surface area contributed by atoms with Crippen molar-refractivity contribution in [2.45, 2.75) is 52.2 Å². The Hall–Kier alpha value is -1.55. The van der Waals surface area contributed by atoms with Gasteiger partial charge < -0.3 is 15.2 Å². The highest BCUT2D eigenvalue weighted by molar-refractivity contribution is 5.82. The Morgan fingerprint density at radius 3 is 2.80 bits per heavy atom. The minimum atomic E-state index is -0.445. The second-order valence-electron chi connectivity index (χ2n) is 5.48. The van der Waals surface area contributed by atoms with E-state index in [4.69, 9.17) is 9.84 Å². The molecule has 4 heteroatoms. The van der Waals surface area contributed by atoms with E-state index in [0.29, 0.717) is 12.8 Å². The van der Waals surface area contributed by atoms with Crippen LogP contribution in [0.1, 0.15) is 36.5 Å². The first kappa shape index (κ1) is 14.9. The van der Waals surface area contributed by atoms with Crippen LogP contribution in [-0.4, -0.2) is 29.8 Å². The molecule has 0 saturated heterocycles. The minimum absolute atomic E-state index is 0.0169. The number of carbonyl (C=O) groups excluding carboxylic acids is 1. The van der Waals surface area contributed by atoms with Gasteiger partial charge in [-0.25, -0.2) is 0 Å². The normalized spacial score (nSPS) is 18.3. The lowest BCUT2D eigenvalue weighted by Gasteiger charge is -2.18. The van der Waals surface area contributed by atoms with Gasteiger partial charge in [0.05, 0.1) is 0 Å². The maximum absolute atomic E-state index is 12.2. The van der Waals surface area contributed by atoms with Crippen LogP contribution in [0.5, 0.6) is 5.75 Å². The molecule has 1 amide bonds. The maximum atomic E-state index is 12.2. The van der Waals surface area contributed by atoms with Crippen LogP contribution in [0.3, 0.4) is 0 Å². The molecule has 0 aromatic heterocycles. The van der Waals surface area contributed by atoms with Crippen molar-refractivity contribution >= 4 is 5.91 Å². The van der Waals surface area contributed by atoms with E-state index in [9.17, 15) is 4.79 Å². The van der Waals surface area contributed by atoms with Crippen LogP contribution in [0.15, 0.2) is 12.1 Å². The SMILES string of the molecule is CCC(CCO)NC(=O)C1Cc2cc(C)c(C)cc2O1. The third kappa shape index (κ3) is 3.12. The molecule has 1 heterocycles. The molecule has 2 N–H and O–H groups in total. The summed E-state index contributed by atoms with van der Waals surface area (Å²) in [5, 5.41) is 11.9. The molecule has 20 heavy (non-hydrogen) atoms. The lowest BCUT2D eigenvalue weighted by Crippen LogP contribution is -2.43. The average Bonchev–Trinajstić information content (AvgIpc) is 2.81. The van der Waals surface area contributed by atoms with Crippen molar-refractivity contribution in [1.29, 1.82) is 0 Å². The predicted molar refractivity (Wildman–Crippen MR) is 78.0 cm³/mol. The molecule has 2 unspecified atom stereocenters. The van der Waals surface area contributed by atoms with E-state index in [1.54, 1.807) is 0 Å². The zero-order chi connectivity index (χ0) is 14.7. The molecule has 1 aliphatic heterocycles. The number of aliphatic hydroxyl groups excluding tert-OH is 1. The number of nitrogens with one attached hydrogen (secondary N) is 1. The highest BCUT2D eigenvalue weighted by Gasteiger charge is 2.30. The minimum Gasteiger partial charge on any atom is -0.480 e. The number of amides is 1. The maximum Gasteiger partial charge on any atom is 0.261 e. The van der Waals surface area contributed by atoms with Gasteiger partial charge in [0, 0.05) is 19.1 Å². The van der Waals surface area contributed by atoms with Gasteiger partial charge in [0.2, 0.25) is 0 Å². The Morgan fingerprint density at radius 1 is 1.45 bits per heavy atom. The monoisotopic (exact) mass is 277 g/mol. The fourth-order valence-electron chi connectivity index (χ4n) is 2.49. The summed E-state index contributed by atoms with van der Waals surface area (Å²) in [5.41, 5.74) is 3.50. The van der Waals surface area contributed by atoms with E-state index < -0.39 is 6.10 Å². The van der Waals surface area contributed by atoms with Crippen LogP contribution >= 0.6 is 0 Å². The molecule has 2 rings (SSSR count). The van der Waals surface area contributed by atoms with Gasteiger partial charge in [0.15, 0.2) is 6.10 Å². The standard InChI is InChI=1S/C16H23NO3/c1-4-13(5-6-18)17-16(19)15-9-12-7-10(2)11(3)8-14(12)20-15/h7-8,13,15,18H,4-6,9H2,1-3H3,(H,17,19). The summed E-state index contributed by atoms with van der Waals surface area (Å²) in [6.45, 7) is 6.19. The predicted octanol–water partition coefficient (Wildman–Crippen LogP) is 1.88. The third-order valence-electron chi connectivity index (χ3n) is 3.96. The molecule has 0 saturated carbocycles. The van der Waals surface area contributed by atoms with Crippen molar-refractivity contribution in [3.05, 3.63) is 28.8 Å². The summed E-state index contributed by atoms with van der Waals surface area (Å²) in [6, 6.07) is 4.12. The van der Waals surface area contributed by atoms with Crippen molar-refractivity contribution in [3.8, 4) is 5.75 Å². The van der Waals surface area contributed by atoms with Gasteiger partial charge in [-0.2, -0.15) is 0 Å². The van der Waals surface area contributed by atoms with Crippen molar-refractivity contribution in [1.82, 2.24) is 5.32 Å². The fourth-order valence-corrected chi connectivity index (χ4v) is 2.49. The lowest BCUT2D eigenvalue weighted by molar-refractivity contribution is -0.128.